The maximum absolute atomic E-state index is 12.3. The molecule has 0 saturated carbocycles. The van der Waals surface area contributed by atoms with E-state index in [1.807, 2.05) is 13.8 Å². The Balaban J connectivity index is 2.26. The van der Waals surface area contributed by atoms with Gasteiger partial charge in [-0.1, -0.05) is 18.2 Å². The van der Waals surface area contributed by atoms with E-state index in [9.17, 15) is 13.5 Å². The number of aliphatic hydroxyl groups excluding tert-OH is 1. The Bertz CT molecular complexity index is 735. The normalized spacial score (nSPS) is 13.0. The van der Waals surface area contributed by atoms with Crippen LogP contribution in [0.5, 0.6) is 0 Å². The Hall–Kier alpha value is -1.85. The van der Waals surface area contributed by atoms with Crippen LogP contribution in [-0.4, -0.2) is 13.5 Å². The lowest BCUT2D eigenvalue weighted by Gasteiger charge is -2.11. The van der Waals surface area contributed by atoms with Crippen molar-refractivity contribution < 1.29 is 13.5 Å². The average molecular weight is 305 g/mol. The highest BCUT2D eigenvalue weighted by atomic mass is 32.2. The molecule has 0 fully saturated rings. The summed E-state index contributed by atoms with van der Waals surface area (Å²) in [6.07, 6.45) is -0.574. The molecule has 2 rings (SSSR count). The van der Waals surface area contributed by atoms with Gasteiger partial charge in [-0.25, -0.2) is 8.42 Å². The first-order chi connectivity index (χ1) is 9.79. The summed E-state index contributed by atoms with van der Waals surface area (Å²) in [7, 11) is -3.60. The van der Waals surface area contributed by atoms with Gasteiger partial charge in [0.15, 0.2) is 0 Å². The number of nitrogens with one attached hydrogen (secondary N) is 1. The summed E-state index contributed by atoms with van der Waals surface area (Å²) in [6.45, 7) is 5.48. The predicted molar refractivity (Wildman–Crippen MR) is 83.8 cm³/mol. The molecule has 0 aliphatic rings. The van der Waals surface area contributed by atoms with E-state index in [0.717, 1.165) is 16.7 Å². The standard InChI is InChI=1S/C16H19NO3S/c1-11-4-9-16(10-12(11)2)21(19,20)17-15-7-5-14(6-8-15)13(3)18/h4-10,13,17-18H,1-3H3. The van der Waals surface area contributed by atoms with Gasteiger partial charge in [0, 0.05) is 5.69 Å². The molecule has 0 radical (unpaired) electrons. The highest BCUT2D eigenvalue weighted by Crippen LogP contribution is 2.20. The largest absolute Gasteiger partial charge is 0.389 e. The molecule has 0 aliphatic carbocycles. The van der Waals surface area contributed by atoms with Gasteiger partial charge in [0.25, 0.3) is 10.0 Å². The van der Waals surface area contributed by atoms with E-state index in [1.165, 1.54) is 0 Å². The van der Waals surface area contributed by atoms with E-state index in [1.54, 1.807) is 49.4 Å². The topological polar surface area (TPSA) is 66.4 Å². The molecule has 0 heterocycles. The van der Waals surface area contributed by atoms with Crippen molar-refractivity contribution in [2.45, 2.75) is 31.8 Å². The van der Waals surface area contributed by atoms with E-state index >= 15 is 0 Å². The predicted octanol–water partition coefficient (Wildman–Crippen LogP) is 3.16. The third-order valence-electron chi connectivity index (χ3n) is 3.43. The Morgan fingerprint density at radius 2 is 1.62 bits per heavy atom. The highest BCUT2D eigenvalue weighted by molar-refractivity contribution is 7.92. The minimum absolute atomic E-state index is 0.241. The van der Waals surface area contributed by atoms with Crippen LogP contribution < -0.4 is 4.72 Å². The number of sulfonamides is 1. The fourth-order valence-electron chi connectivity index (χ4n) is 1.92. The lowest BCUT2D eigenvalue weighted by molar-refractivity contribution is 0.199. The molecule has 0 bridgehead atoms. The van der Waals surface area contributed by atoms with Crippen molar-refractivity contribution in [2.75, 3.05) is 4.72 Å². The van der Waals surface area contributed by atoms with Crippen molar-refractivity contribution in [3.8, 4) is 0 Å². The van der Waals surface area contributed by atoms with Crippen molar-refractivity contribution in [3.63, 3.8) is 0 Å². The number of hydrogen-bond donors (Lipinski definition) is 2. The van der Waals surface area contributed by atoms with Crippen molar-refractivity contribution in [3.05, 3.63) is 59.2 Å². The quantitative estimate of drug-likeness (QED) is 0.912. The minimum atomic E-state index is -3.60. The van der Waals surface area contributed by atoms with Gasteiger partial charge < -0.3 is 5.11 Å². The summed E-state index contributed by atoms with van der Waals surface area (Å²) in [5.74, 6) is 0. The van der Waals surface area contributed by atoms with Gasteiger partial charge in [-0.2, -0.15) is 0 Å². The summed E-state index contributed by atoms with van der Waals surface area (Å²) in [5.41, 5.74) is 3.19. The lowest BCUT2D eigenvalue weighted by Crippen LogP contribution is -2.13. The summed E-state index contributed by atoms with van der Waals surface area (Å²) in [6, 6.07) is 11.7. The number of hydrogen-bond acceptors (Lipinski definition) is 3. The molecule has 0 amide bonds. The van der Waals surface area contributed by atoms with Gasteiger partial charge in [0.1, 0.15) is 0 Å². The maximum atomic E-state index is 12.3. The SMILES string of the molecule is Cc1ccc(S(=O)(=O)Nc2ccc(C(C)O)cc2)cc1C. The van der Waals surface area contributed by atoms with Gasteiger partial charge in [-0.3, -0.25) is 4.72 Å². The molecule has 0 aliphatic heterocycles. The second-order valence-corrected chi connectivity index (χ2v) is 6.83. The van der Waals surface area contributed by atoms with Crippen LogP contribution in [0.25, 0.3) is 0 Å². The fourth-order valence-corrected chi connectivity index (χ4v) is 3.07. The minimum Gasteiger partial charge on any atom is -0.389 e. The number of anilines is 1. The molecule has 1 unspecified atom stereocenters. The second-order valence-electron chi connectivity index (χ2n) is 5.15. The zero-order chi connectivity index (χ0) is 15.6. The smallest absolute Gasteiger partial charge is 0.261 e. The van der Waals surface area contributed by atoms with Crippen LogP contribution >= 0.6 is 0 Å². The lowest BCUT2D eigenvalue weighted by atomic mass is 10.1. The van der Waals surface area contributed by atoms with Crippen LogP contribution in [0, 0.1) is 13.8 Å². The Labute approximate surface area is 125 Å². The summed E-state index contributed by atoms with van der Waals surface area (Å²) >= 11 is 0. The molecule has 2 aromatic rings. The maximum Gasteiger partial charge on any atom is 0.261 e. The highest BCUT2D eigenvalue weighted by Gasteiger charge is 2.15. The first-order valence-electron chi connectivity index (χ1n) is 6.68. The third-order valence-corrected chi connectivity index (χ3v) is 4.81. The first-order valence-corrected chi connectivity index (χ1v) is 8.16. The average Bonchev–Trinajstić information content (AvgIpc) is 2.42. The Kier molecular flexibility index (Phi) is 4.34. The zero-order valence-corrected chi connectivity index (χ0v) is 13.1. The van der Waals surface area contributed by atoms with E-state index in [4.69, 9.17) is 0 Å². The molecule has 2 aromatic carbocycles. The molecule has 21 heavy (non-hydrogen) atoms. The van der Waals surface area contributed by atoms with Crippen LogP contribution in [0.2, 0.25) is 0 Å². The molecular formula is C16H19NO3S. The number of aliphatic hydroxyl groups is 1. The first kappa shape index (κ1) is 15.5. The summed E-state index contributed by atoms with van der Waals surface area (Å²) in [5, 5.41) is 9.44. The van der Waals surface area contributed by atoms with Gasteiger partial charge >= 0.3 is 0 Å². The monoisotopic (exact) mass is 305 g/mol. The molecule has 112 valence electrons. The molecular weight excluding hydrogens is 286 g/mol. The van der Waals surface area contributed by atoms with Gasteiger partial charge in [0.2, 0.25) is 0 Å². The Morgan fingerprint density at radius 3 is 2.14 bits per heavy atom. The van der Waals surface area contributed by atoms with E-state index in [2.05, 4.69) is 4.72 Å². The summed E-state index contributed by atoms with van der Waals surface area (Å²) in [4.78, 5) is 0.241. The van der Waals surface area contributed by atoms with Crippen molar-refractivity contribution >= 4 is 15.7 Å². The molecule has 1 atom stereocenters. The van der Waals surface area contributed by atoms with Crippen molar-refractivity contribution in [1.29, 1.82) is 0 Å². The number of rotatable bonds is 4. The Morgan fingerprint density at radius 1 is 1.00 bits per heavy atom. The second kappa shape index (κ2) is 5.87. The molecule has 4 nitrogen and oxygen atoms in total. The van der Waals surface area contributed by atoms with Gasteiger partial charge in [-0.15, -0.1) is 0 Å². The molecule has 0 aromatic heterocycles. The van der Waals surface area contributed by atoms with E-state index in [0.29, 0.717) is 5.69 Å². The molecule has 0 saturated heterocycles. The molecule has 5 heteroatoms. The van der Waals surface area contributed by atoms with Gasteiger partial charge in [-0.05, 0) is 61.7 Å². The number of aryl methyl sites for hydroxylation is 2. The van der Waals surface area contributed by atoms with Crippen LogP contribution in [0.1, 0.15) is 29.7 Å². The van der Waals surface area contributed by atoms with Crippen LogP contribution in [0.3, 0.4) is 0 Å². The fraction of sp³-hybridized carbons (Fsp3) is 0.250. The number of benzene rings is 2. The van der Waals surface area contributed by atoms with Crippen LogP contribution in [0.15, 0.2) is 47.4 Å². The zero-order valence-electron chi connectivity index (χ0n) is 12.3. The van der Waals surface area contributed by atoms with E-state index in [-0.39, 0.29) is 4.90 Å². The third kappa shape index (κ3) is 3.62. The van der Waals surface area contributed by atoms with Crippen molar-refractivity contribution in [2.24, 2.45) is 0 Å². The van der Waals surface area contributed by atoms with E-state index < -0.39 is 16.1 Å². The van der Waals surface area contributed by atoms with Crippen molar-refractivity contribution in [1.82, 2.24) is 0 Å². The van der Waals surface area contributed by atoms with Crippen LogP contribution in [-0.2, 0) is 10.0 Å². The summed E-state index contributed by atoms with van der Waals surface area (Å²) < 4.78 is 27.2. The van der Waals surface area contributed by atoms with Crippen LogP contribution in [0.4, 0.5) is 5.69 Å². The molecule has 2 N–H and O–H groups in total. The van der Waals surface area contributed by atoms with Gasteiger partial charge in [0.05, 0.1) is 11.0 Å². The molecule has 0 spiro atoms.